The van der Waals surface area contributed by atoms with Gasteiger partial charge in [-0.3, -0.25) is 4.72 Å². The maximum absolute atomic E-state index is 12.9. The molecule has 0 saturated carbocycles. The van der Waals surface area contributed by atoms with Crippen LogP contribution in [0.4, 0.5) is 10.2 Å². The number of halogens is 3. The molecule has 0 aliphatic carbocycles. The average molecular weight is 367 g/mol. The molecule has 2 aromatic rings. The van der Waals surface area contributed by atoms with Gasteiger partial charge in [-0.05, 0) is 34.1 Å². The van der Waals surface area contributed by atoms with Crippen molar-refractivity contribution >= 4 is 43.4 Å². The van der Waals surface area contributed by atoms with E-state index in [9.17, 15) is 12.8 Å². The lowest BCUT2D eigenvalue weighted by Crippen LogP contribution is -2.14. The Balaban J connectivity index is 2.38. The molecule has 0 fully saturated rings. The van der Waals surface area contributed by atoms with E-state index in [0.717, 1.165) is 24.5 Å². The zero-order chi connectivity index (χ0) is 14.0. The molecule has 1 aromatic carbocycles. The summed E-state index contributed by atoms with van der Waals surface area (Å²) >= 11 is 8.62. The van der Waals surface area contributed by atoms with Crippen LogP contribution in [0.5, 0.6) is 0 Å². The molecule has 5 nitrogen and oxygen atoms in total. The van der Waals surface area contributed by atoms with Crippen molar-refractivity contribution in [3.05, 3.63) is 46.0 Å². The molecule has 19 heavy (non-hydrogen) atoms. The summed E-state index contributed by atoms with van der Waals surface area (Å²) < 4.78 is 39.4. The fraction of sp³-hybridized carbons (Fsp3) is 0. The lowest BCUT2D eigenvalue weighted by molar-refractivity contribution is 0.598. The normalized spacial score (nSPS) is 11.3. The molecule has 0 saturated heterocycles. The third-order valence-electron chi connectivity index (χ3n) is 2.06. The van der Waals surface area contributed by atoms with Crippen LogP contribution < -0.4 is 4.72 Å². The first-order valence-corrected chi connectivity index (χ1v) is 7.49. The Hall–Kier alpha value is -1.25. The lowest BCUT2D eigenvalue weighted by atomic mass is 10.3. The van der Waals surface area contributed by atoms with Crippen LogP contribution in [0.1, 0.15) is 0 Å². The fourth-order valence-corrected chi connectivity index (χ4v) is 3.47. The van der Waals surface area contributed by atoms with E-state index < -0.39 is 15.8 Å². The first kappa shape index (κ1) is 14.2. The summed E-state index contributed by atoms with van der Waals surface area (Å²) in [4.78, 5) is 7.25. The molecule has 0 aliphatic rings. The van der Waals surface area contributed by atoms with Crippen molar-refractivity contribution < 1.29 is 12.8 Å². The Morgan fingerprint density at radius 1 is 1.26 bits per heavy atom. The van der Waals surface area contributed by atoms with Crippen molar-refractivity contribution in [1.82, 2.24) is 9.97 Å². The van der Waals surface area contributed by atoms with Gasteiger partial charge in [-0.25, -0.2) is 22.8 Å². The first-order chi connectivity index (χ1) is 8.88. The van der Waals surface area contributed by atoms with Crippen molar-refractivity contribution in [3.63, 3.8) is 0 Å². The third kappa shape index (κ3) is 3.40. The summed E-state index contributed by atoms with van der Waals surface area (Å²) in [6, 6.07) is 4.51. The van der Waals surface area contributed by atoms with E-state index in [-0.39, 0.29) is 20.3 Å². The van der Waals surface area contributed by atoms with Gasteiger partial charge in [0, 0.05) is 10.5 Å². The van der Waals surface area contributed by atoms with Crippen LogP contribution in [0.15, 0.2) is 40.0 Å². The van der Waals surface area contributed by atoms with Crippen molar-refractivity contribution in [1.29, 1.82) is 0 Å². The van der Waals surface area contributed by atoms with Crippen molar-refractivity contribution in [2.24, 2.45) is 0 Å². The van der Waals surface area contributed by atoms with Crippen LogP contribution in [0.25, 0.3) is 0 Å². The number of nitrogens with zero attached hydrogens (tertiary/aromatic N) is 2. The quantitative estimate of drug-likeness (QED) is 0.848. The molecule has 1 N–H and O–H groups in total. The van der Waals surface area contributed by atoms with Gasteiger partial charge in [0.15, 0.2) is 0 Å². The molecule has 0 aliphatic heterocycles. The molecule has 1 aromatic heterocycles. The molecule has 0 bridgehead atoms. The summed E-state index contributed by atoms with van der Waals surface area (Å²) in [5.41, 5.74) is 0. The van der Waals surface area contributed by atoms with Gasteiger partial charge in [0.1, 0.15) is 28.0 Å². The molecule has 9 heteroatoms. The number of benzene rings is 1. The molecule has 0 atom stereocenters. The Kier molecular flexibility index (Phi) is 4.02. The van der Waals surface area contributed by atoms with Gasteiger partial charge in [-0.1, -0.05) is 11.6 Å². The van der Waals surface area contributed by atoms with Crippen LogP contribution in [-0.2, 0) is 10.0 Å². The highest BCUT2D eigenvalue weighted by Gasteiger charge is 2.18. The fourth-order valence-electron chi connectivity index (χ4n) is 1.28. The highest BCUT2D eigenvalue weighted by atomic mass is 79.9. The van der Waals surface area contributed by atoms with Crippen LogP contribution in [0.3, 0.4) is 0 Å². The second kappa shape index (κ2) is 5.40. The summed E-state index contributed by atoms with van der Waals surface area (Å²) in [5, 5.41) is 0.103. The van der Waals surface area contributed by atoms with Gasteiger partial charge in [-0.15, -0.1) is 0 Å². The van der Waals surface area contributed by atoms with E-state index in [1.54, 1.807) is 0 Å². The average Bonchev–Trinajstić information content (AvgIpc) is 2.27. The summed E-state index contributed by atoms with van der Waals surface area (Å²) in [7, 11) is -3.89. The summed E-state index contributed by atoms with van der Waals surface area (Å²) in [6.45, 7) is 0. The molecule has 100 valence electrons. The molecular weight excluding hydrogens is 361 g/mol. The van der Waals surface area contributed by atoms with Crippen molar-refractivity contribution in [2.75, 3.05) is 4.72 Å². The smallest absolute Gasteiger partial charge is 0.263 e. The van der Waals surface area contributed by atoms with Crippen molar-refractivity contribution in [2.45, 2.75) is 4.90 Å². The Labute approximate surface area is 122 Å². The molecule has 1 heterocycles. The number of nitrogens with one attached hydrogen (secondary N) is 1. The van der Waals surface area contributed by atoms with E-state index in [1.807, 2.05) is 0 Å². The topological polar surface area (TPSA) is 72.0 Å². The summed E-state index contributed by atoms with van der Waals surface area (Å²) in [5.74, 6) is -0.521. The van der Waals surface area contributed by atoms with Crippen LogP contribution in [0.2, 0.25) is 5.15 Å². The van der Waals surface area contributed by atoms with Crippen molar-refractivity contribution in [3.8, 4) is 0 Å². The molecule has 2 rings (SSSR count). The van der Waals surface area contributed by atoms with Gasteiger partial charge >= 0.3 is 0 Å². The molecule has 0 radical (unpaired) electrons. The van der Waals surface area contributed by atoms with E-state index in [2.05, 4.69) is 30.6 Å². The van der Waals surface area contributed by atoms with Crippen LogP contribution >= 0.6 is 27.5 Å². The highest BCUT2D eigenvalue weighted by Crippen LogP contribution is 2.24. The van der Waals surface area contributed by atoms with Gasteiger partial charge < -0.3 is 0 Å². The molecule has 0 unspecified atom stereocenters. The van der Waals surface area contributed by atoms with Gasteiger partial charge in [0.25, 0.3) is 10.0 Å². The van der Waals surface area contributed by atoms with Crippen LogP contribution in [0, 0.1) is 5.82 Å². The number of anilines is 1. The predicted octanol–water partition coefficient (Wildman–Crippen LogP) is 2.83. The molecule has 0 spiro atoms. The standard InChI is InChI=1S/C10H6BrClFN3O2S/c11-7-3-6(13)1-2-8(7)19(17,18)16-10-4-9(12)14-5-15-10/h1-5H,(H,14,15,16). The van der Waals surface area contributed by atoms with E-state index >= 15 is 0 Å². The monoisotopic (exact) mass is 365 g/mol. The van der Waals surface area contributed by atoms with Gasteiger partial charge in [0.2, 0.25) is 0 Å². The first-order valence-electron chi connectivity index (χ1n) is 4.84. The maximum atomic E-state index is 12.9. The van der Waals surface area contributed by atoms with Crippen LogP contribution in [-0.4, -0.2) is 18.4 Å². The predicted molar refractivity (Wildman–Crippen MR) is 72.0 cm³/mol. The number of hydrogen-bond donors (Lipinski definition) is 1. The number of sulfonamides is 1. The summed E-state index contributed by atoms with van der Waals surface area (Å²) in [6.07, 6.45) is 1.12. The minimum absolute atomic E-state index is 0.0243. The van der Waals surface area contributed by atoms with Gasteiger partial charge in [0.05, 0.1) is 0 Å². The number of rotatable bonds is 3. The molecule has 0 amide bonds. The third-order valence-corrected chi connectivity index (χ3v) is 4.59. The number of hydrogen-bond acceptors (Lipinski definition) is 4. The van der Waals surface area contributed by atoms with E-state index in [1.165, 1.54) is 6.07 Å². The van der Waals surface area contributed by atoms with E-state index in [0.29, 0.717) is 0 Å². The van der Waals surface area contributed by atoms with Gasteiger partial charge in [-0.2, -0.15) is 0 Å². The second-order valence-corrected chi connectivity index (χ2v) is 6.30. The minimum Gasteiger partial charge on any atom is -0.263 e. The maximum Gasteiger partial charge on any atom is 0.264 e. The zero-order valence-corrected chi connectivity index (χ0v) is 12.3. The zero-order valence-electron chi connectivity index (χ0n) is 9.14. The minimum atomic E-state index is -3.89. The largest absolute Gasteiger partial charge is 0.264 e. The Bertz CT molecular complexity index is 726. The number of aromatic nitrogens is 2. The Morgan fingerprint density at radius 3 is 2.63 bits per heavy atom. The molecular formula is C10H6BrClFN3O2S. The second-order valence-electron chi connectivity index (χ2n) is 3.41. The SMILES string of the molecule is O=S(=O)(Nc1cc(Cl)ncn1)c1ccc(F)cc1Br. The lowest BCUT2D eigenvalue weighted by Gasteiger charge is -2.08. The highest BCUT2D eigenvalue weighted by molar-refractivity contribution is 9.10. The van der Waals surface area contributed by atoms with E-state index in [4.69, 9.17) is 11.6 Å². The Morgan fingerprint density at radius 2 is 2.00 bits per heavy atom.